The molecule has 1 aliphatic heterocycles. The van der Waals surface area contributed by atoms with Crippen LogP contribution in [-0.2, 0) is 9.59 Å². The summed E-state index contributed by atoms with van der Waals surface area (Å²) in [7, 11) is 1.41. The number of hydrogen-bond acceptors (Lipinski definition) is 4. The third-order valence-corrected chi connectivity index (χ3v) is 5.10. The molecule has 0 saturated carbocycles. The number of urea groups is 1. The first-order valence-electron chi connectivity index (χ1n) is 7.62. The van der Waals surface area contributed by atoms with E-state index in [9.17, 15) is 14.4 Å². The Bertz CT molecular complexity index is 1030. The summed E-state index contributed by atoms with van der Waals surface area (Å²) in [6.07, 6.45) is 1.27. The van der Waals surface area contributed by atoms with Crippen LogP contribution in [0.3, 0.4) is 0 Å². The summed E-state index contributed by atoms with van der Waals surface area (Å²) < 4.78 is 5.07. The second-order valence-electron chi connectivity index (χ2n) is 5.57. The molecule has 6 nitrogen and oxygen atoms in total. The van der Waals surface area contributed by atoms with Crippen molar-refractivity contribution >= 4 is 76.0 Å². The van der Waals surface area contributed by atoms with Gasteiger partial charge in [-0.15, -0.1) is 0 Å². The van der Waals surface area contributed by atoms with Gasteiger partial charge in [0.2, 0.25) is 0 Å². The molecule has 0 aliphatic carbocycles. The number of anilines is 1. The number of ether oxygens (including phenoxy) is 1. The monoisotopic (exact) mass is 458 g/mol. The number of amides is 4. The first-order valence-corrected chi connectivity index (χ1v) is 9.13. The number of imide groups is 2. The van der Waals surface area contributed by atoms with Crippen molar-refractivity contribution in [3.05, 3.63) is 61.6 Å². The number of rotatable bonds is 3. The Labute approximate surface area is 179 Å². The molecule has 1 N–H and O–H groups in total. The van der Waals surface area contributed by atoms with E-state index in [1.807, 2.05) is 0 Å². The van der Waals surface area contributed by atoms with Crippen LogP contribution in [0.5, 0.6) is 5.75 Å². The van der Waals surface area contributed by atoms with Gasteiger partial charge in [-0.05, 0) is 42.0 Å². The maximum atomic E-state index is 12.8. The third-order valence-electron chi connectivity index (χ3n) is 3.80. The lowest BCUT2D eigenvalue weighted by molar-refractivity contribution is -0.122. The number of halogens is 4. The fourth-order valence-electron chi connectivity index (χ4n) is 2.54. The Morgan fingerprint density at radius 3 is 2.14 bits per heavy atom. The van der Waals surface area contributed by atoms with Gasteiger partial charge >= 0.3 is 6.03 Å². The van der Waals surface area contributed by atoms with Crippen molar-refractivity contribution in [1.29, 1.82) is 0 Å². The SMILES string of the molecule is COc1c(Cl)cc(/C=C2\C(=O)NC(=O)N(c3ccc(Cl)c(Cl)c3)C2=O)cc1Cl. The molecule has 0 atom stereocenters. The Morgan fingerprint density at radius 2 is 1.57 bits per heavy atom. The molecular formula is C18H10Cl4N2O4. The minimum Gasteiger partial charge on any atom is -0.494 e. The third kappa shape index (κ3) is 3.82. The van der Waals surface area contributed by atoms with Crippen LogP contribution in [0.2, 0.25) is 20.1 Å². The van der Waals surface area contributed by atoms with Gasteiger partial charge < -0.3 is 4.74 Å². The molecule has 1 saturated heterocycles. The highest BCUT2D eigenvalue weighted by atomic mass is 35.5. The van der Waals surface area contributed by atoms with Gasteiger partial charge in [-0.25, -0.2) is 9.69 Å². The Hall–Kier alpha value is -2.25. The summed E-state index contributed by atoms with van der Waals surface area (Å²) >= 11 is 24.0. The number of benzene rings is 2. The lowest BCUT2D eigenvalue weighted by atomic mass is 10.1. The van der Waals surface area contributed by atoms with E-state index in [-0.39, 0.29) is 37.1 Å². The lowest BCUT2D eigenvalue weighted by Crippen LogP contribution is -2.54. The van der Waals surface area contributed by atoms with Crippen LogP contribution in [0.1, 0.15) is 5.56 Å². The number of carbonyl (C=O) groups is 3. The quantitative estimate of drug-likeness (QED) is 0.519. The molecule has 2 aromatic carbocycles. The van der Waals surface area contributed by atoms with E-state index in [2.05, 4.69) is 5.32 Å². The number of methoxy groups -OCH3 is 1. The predicted octanol–water partition coefficient (Wildman–Crippen LogP) is 4.98. The molecule has 3 rings (SSSR count). The minimum atomic E-state index is -0.906. The highest BCUT2D eigenvalue weighted by Crippen LogP contribution is 2.35. The normalized spacial score (nSPS) is 15.8. The van der Waals surface area contributed by atoms with Crippen molar-refractivity contribution in [2.75, 3.05) is 12.0 Å². The number of hydrogen-bond donors (Lipinski definition) is 1. The van der Waals surface area contributed by atoms with E-state index in [0.29, 0.717) is 5.56 Å². The lowest BCUT2D eigenvalue weighted by Gasteiger charge is -2.26. The molecule has 144 valence electrons. The van der Waals surface area contributed by atoms with Crippen LogP contribution < -0.4 is 15.0 Å². The van der Waals surface area contributed by atoms with Crippen molar-refractivity contribution < 1.29 is 19.1 Å². The van der Waals surface area contributed by atoms with E-state index < -0.39 is 17.8 Å². The summed E-state index contributed by atoms with van der Waals surface area (Å²) in [5, 5.41) is 2.90. The average Bonchev–Trinajstić information content (AvgIpc) is 2.61. The maximum absolute atomic E-state index is 12.8. The zero-order valence-corrected chi connectivity index (χ0v) is 17.1. The molecule has 1 fully saturated rings. The molecule has 28 heavy (non-hydrogen) atoms. The van der Waals surface area contributed by atoms with Crippen molar-refractivity contribution in [1.82, 2.24) is 5.32 Å². The van der Waals surface area contributed by atoms with E-state index in [1.54, 1.807) is 0 Å². The average molecular weight is 460 g/mol. The predicted molar refractivity (Wildman–Crippen MR) is 108 cm³/mol. The van der Waals surface area contributed by atoms with Crippen LogP contribution in [0.25, 0.3) is 6.08 Å². The van der Waals surface area contributed by atoms with E-state index in [4.69, 9.17) is 51.1 Å². The summed E-state index contributed by atoms with van der Waals surface area (Å²) in [4.78, 5) is 38.1. The molecule has 0 radical (unpaired) electrons. The van der Waals surface area contributed by atoms with Gasteiger partial charge in [0.05, 0.1) is 32.9 Å². The van der Waals surface area contributed by atoms with Crippen molar-refractivity contribution in [2.45, 2.75) is 0 Å². The summed E-state index contributed by atoms with van der Waals surface area (Å²) in [6.45, 7) is 0. The van der Waals surface area contributed by atoms with Crippen LogP contribution in [0.15, 0.2) is 35.9 Å². The summed E-state index contributed by atoms with van der Waals surface area (Å²) in [5.74, 6) is -1.43. The van der Waals surface area contributed by atoms with Crippen molar-refractivity contribution in [2.24, 2.45) is 0 Å². The smallest absolute Gasteiger partial charge is 0.335 e. The van der Waals surface area contributed by atoms with E-state index in [1.165, 1.54) is 43.5 Å². The van der Waals surface area contributed by atoms with Gasteiger partial charge in [0.25, 0.3) is 11.8 Å². The van der Waals surface area contributed by atoms with E-state index in [0.717, 1.165) is 4.90 Å². The zero-order chi connectivity index (χ0) is 20.6. The highest BCUT2D eigenvalue weighted by molar-refractivity contribution is 6.43. The zero-order valence-electron chi connectivity index (χ0n) is 14.1. The molecule has 0 aromatic heterocycles. The minimum absolute atomic E-state index is 0.149. The Morgan fingerprint density at radius 1 is 0.929 bits per heavy atom. The number of barbiturate groups is 1. The van der Waals surface area contributed by atoms with Gasteiger partial charge in [-0.2, -0.15) is 0 Å². The molecule has 2 aromatic rings. The molecule has 1 heterocycles. The van der Waals surface area contributed by atoms with Gasteiger partial charge in [0.15, 0.2) is 5.75 Å². The highest BCUT2D eigenvalue weighted by Gasteiger charge is 2.37. The van der Waals surface area contributed by atoms with Gasteiger partial charge in [0.1, 0.15) is 5.57 Å². The maximum Gasteiger partial charge on any atom is 0.335 e. The fourth-order valence-corrected chi connectivity index (χ4v) is 3.49. The van der Waals surface area contributed by atoms with Crippen LogP contribution in [0, 0.1) is 0 Å². The van der Waals surface area contributed by atoms with Gasteiger partial charge in [-0.1, -0.05) is 46.4 Å². The number of nitrogens with zero attached hydrogens (tertiary/aromatic N) is 1. The van der Waals surface area contributed by atoms with Crippen molar-refractivity contribution in [3.8, 4) is 5.75 Å². The summed E-state index contributed by atoms with van der Waals surface area (Å²) in [6, 6.07) is 6.24. The second kappa shape index (κ2) is 8.01. The van der Waals surface area contributed by atoms with Crippen LogP contribution in [-0.4, -0.2) is 25.0 Å². The second-order valence-corrected chi connectivity index (χ2v) is 7.20. The Balaban J connectivity index is 2.05. The van der Waals surface area contributed by atoms with Gasteiger partial charge in [0, 0.05) is 0 Å². The topological polar surface area (TPSA) is 75.7 Å². The fraction of sp³-hybridized carbons (Fsp3) is 0.0556. The van der Waals surface area contributed by atoms with E-state index >= 15 is 0 Å². The first kappa shape index (κ1) is 20.5. The summed E-state index contributed by atoms with van der Waals surface area (Å²) in [5.41, 5.74) is 0.238. The Kier molecular flexibility index (Phi) is 5.86. The van der Waals surface area contributed by atoms with Crippen LogP contribution >= 0.6 is 46.4 Å². The molecule has 10 heteroatoms. The first-order chi connectivity index (χ1) is 13.2. The van der Waals surface area contributed by atoms with Gasteiger partial charge in [-0.3, -0.25) is 14.9 Å². The van der Waals surface area contributed by atoms with Crippen molar-refractivity contribution in [3.63, 3.8) is 0 Å². The molecule has 0 bridgehead atoms. The standard InChI is InChI=1S/C18H10Cl4N2O4/c1-28-15-13(21)5-8(6-14(15)22)4-10-16(25)23-18(27)24(17(10)26)9-2-3-11(19)12(20)7-9/h2-7H,1H3,(H,23,25,27)/b10-4+. The molecule has 0 spiro atoms. The number of nitrogens with one attached hydrogen (secondary N) is 1. The molecule has 1 aliphatic rings. The largest absolute Gasteiger partial charge is 0.494 e. The molecule has 4 amide bonds. The molecular weight excluding hydrogens is 450 g/mol. The van der Waals surface area contributed by atoms with Crippen LogP contribution in [0.4, 0.5) is 10.5 Å². The molecule has 0 unspecified atom stereocenters. The number of carbonyl (C=O) groups excluding carboxylic acids is 3.